The summed E-state index contributed by atoms with van der Waals surface area (Å²) in [5, 5.41) is 12.7. The molecule has 0 fully saturated rings. The lowest BCUT2D eigenvalue weighted by Gasteiger charge is -2.13. The van der Waals surface area contributed by atoms with Gasteiger partial charge in [-0.2, -0.15) is 0 Å². The van der Waals surface area contributed by atoms with E-state index in [1.165, 1.54) is 25.3 Å². The van der Waals surface area contributed by atoms with E-state index < -0.39 is 15.9 Å². The minimum absolute atomic E-state index is 0.0120. The largest absolute Gasteiger partial charge is 0.506 e. The molecule has 156 valence electrons. The normalized spacial score (nSPS) is 11.0. The zero-order chi connectivity index (χ0) is 21.9. The van der Waals surface area contributed by atoms with Crippen molar-refractivity contribution in [2.75, 3.05) is 17.1 Å². The summed E-state index contributed by atoms with van der Waals surface area (Å²) >= 11 is 0. The summed E-state index contributed by atoms with van der Waals surface area (Å²) in [6, 6.07) is 15.6. The van der Waals surface area contributed by atoms with Gasteiger partial charge in [0.2, 0.25) is 0 Å². The van der Waals surface area contributed by atoms with Crippen molar-refractivity contribution in [2.45, 2.75) is 18.7 Å². The summed E-state index contributed by atoms with van der Waals surface area (Å²) < 4.78 is 33.3. The molecule has 3 rings (SSSR count). The van der Waals surface area contributed by atoms with Crippen molar-refractivity contribution in [3.8, 4) is 11.5 Å². The summed E-state index contributed by atoms with van der Waals surface area (Å²) in [6.45, 7) is 3.75. The van der Waals surface area contributed by atoms with Crippen molar-refractivity contribution < 1.29 is 23.1 Å². The molecule has 7 nitrogen and oxygen atoms in total. The number of aryl methyl sites for hydroxylation is 2. The van der Waals surface area contributed by atoms with Gasteiger partial charge in [0.1, 0.15) is 11.5 Å². The number of ether oxygens (including phenoxy) is 1. The highest BCUT2D eigenvalue weighted by Gasteiger charge is 2.19. The van der Waals surface area contributed by atoms with Crippen LogP contribution < -0.4 is 14.8 Å². The van der Waals surface area contributed by atoms with Crippen LogP contribution in [0.5, 0.6) is 11.5 Å². The molecule has 0 atom stereocenters. The topological polar surface area (TPSA) is 105 Å². The second-order valence-corrected chi connectivity index (χ2v) is 8.50. The summed E-state index contributed by atoms with van der Waals surface area (Å²) in [4.78, 5) is 12.5. The maximum absolute atomic E-state index is 12.8. The van der Waals surface area contributed by atoms with E-state index in [1.807, 2.05) is 19.9 Å². The lowest BCUT2D eigenvalue weighted by atomic mass is 10.1. The van der Waals surface area contributed by atoms with Crippen LogP contribution in [0, 0.1) is 13.8 Å². The Morgan fingerprint density at radius 1 is 0.933 bits per heavy atom. The van der Waals surface area contributed by atoms with Gasteiger partial charge in [-0.05, 0) is 56.3 Å². The molecule has 0 saturated carbocycles. The second kappa shape index (κ2) is 8.46. The lowest BCUT2D eigenvalue weighted by Crippen LogP contribution is -2.16. The van der Waals surface area contributed by atoms with E-state index in [4.69, 9.17) is 4.74 Å². The van der Waals surface area contributed by atoms with E-state index in [0.717, 1.165) is 11.1 Å². The minimum atomic E-state index is -3.99. The quantitative estimate of drug-likeness (QED) is 0.516. The average Bonchev–Trinajstić information content (AvgIpc) is 2.69. The third-order valence-corrected chi connectivity index (χ3v) is 5.72. The van der Waals surface area contributed by atoms with E-state index in [0.29, 0.717) is 11.3 Å². The third kappa shape index (κ3) is 4.72. The van der Waals surface area contributed by atoms with Gasteiger partial charge in [-0.3, -0.25) is 9.52 Å². The molecule has 30 heavy (non-hydrogen) atoms. The lowest BCUT2D eigenvalue weighted by molar-refractivity contribution is 0.102. The van der Waals surface area contributed by atoms with Crippen molar-refractivity contribution in [2.24, 2.45) is 0 Å². The fourth-order valence-electron chi connectivity index (χ4n) is 3.02. The van der Waals surface area contributed by atoms with Crippen LogP contribution in [0.25, 0.3) is 0 Å². The molecule has 0 saturated heterocycles. The number of hydrogen-bond donors (Lipinski definition) is 3. The Labute approximate surface area is 175 Å². The maximum atomic E-state index is 12.8. The Bertz CT molecular complexity index is 1190. The zero-order valence-electron chi connectivity index (χ0n) is 16.8. The molecular weight excluding hydrogens is 404 g/mol. The van der Waals surface area contributed by atoms with Gasteiger partial charge in [-0.15, -0.1) is 0 Å². The number of carbonyl (C=O) groups excluding carboxylic acids is 1. The fourth-order valence-corrected chi connectivity index (χ4v) is 4.11. The van der Waals surface area contributed by atoms with E-state index >= 15 is 0 Å². The third-order valence-electron chi connectivity index (χ3n) is 4.36. The standard InChI is InChI=1S/C22H22N2O5S/c1-14-10-15(2)12-16(11-14)22(26)23-19-13-17(8-9-20(19)25)30(27,28)24-18-6-4-5-7-21(18)29-3/h4-13,24-25H,1-3H3,(H,23,26). The summed E-state index contributed by atoms with van der Waals surface area (Å²) in [6.07, 6.45) is 0. The highest BCUT2D eigenvalue weighted by Crippen LogP contribution is 2.30. The number of amides is 1. The van der Waals surface area contributed by atoms with Gasteiger partial charge in [-0.25, -0.2) is 8.42 Å². The molecule has 0 aliphatic heterocycles. The van der Waals surface area contributed by atoms with E-state index in [1.54, 1.807) is 36.4 Å². The van der Waals surface area contributed by atoms with Gasteiger partial charge in [0.15, 0.2) is 0 Å². The molecule has 0 heterocycles. The molecule has 0 bridgehead atoms. The fraction of sp³-hybridized carbons (Fsp3) is 0.136. The van der Waals surface area contributed by atoms with Crippen LogP contribution in [0.2, 0.25) is 0 Å². The number of rotatable bonds is 6. The number of phenolic OH excluding ortho intramolecular Hbond substituents is 1. The Morgan fingerprint density at radius 2 is 1.60 bits per heavy atom. The SMILES string of the molecule is COc1ccccc1NS(=O)(=O)c1ccc(O)c(NC(=O)c2cc(C)cc(C)c2)c1. The van der Waals surface area contributed by atoms with Crippen molar-refractivity contribution in [3.05, 3.63) is 77.4 Å². The first kappa shape index (κ1) is 21.2. The smallest absolute Gasteiger partial charge is 0.262 e. The summed E-state index contributed by atoms with van der Waals surface area (Å²) in [7, 11) is -2.55. The Kier molecular flexibility index (Phi) is 5.98. The van der Waals surface area contributed by atoms with Gasteiger partial charge in [0, 0.05) is 5.56 Å². The number of hydrogen-bond acceptors (Lipinski definition) is 5. The molecule has 3 N–H and O–H groups in total. The number of para-hydroxylation sites is 2. The molecule has 1 amide bonds. The van der Waals surface area contributed by atoms with Crippen LogP contribution in [0.15, 0.2) is 65.6 Å². The van der Waals surface area contributed by atoms with Crippen LogP contribution in [0.3, 0.4) is 0 Å². The molecule has 0 aromatic heterocycles. The Morgan fingerprint density at radius 3 is 2.27 bits per heavy atom. The Balaban J connectivity index is 1.89. The van der Waals surface area contributed by atoms with Gasteiger partial charge < -0.3 is 15.2 Å². The van der Waals surface area contributed by atoms with E-state index in [-0.39, 0.29) is 22.0 Å². The van der Waals surface area contributed by atoms with Crippen molar-refractivity contribution >= 4 is 27.3 Å². The van der Waals surface area contributed by atoms with Crippen molar-refractivity contribution in [1.82, 2.24) is 0 Å². The highest BCUT2D eigenvalue weighted by atomic mass is 32.2. The Hall–Kier alpha value is -3.52. The number of carbonyl (C=O) groups is 1. The van der Waals surface area contributed by atoms with Crippen LogP contribution in [0.4, 0.5) is 11.4 Å². The van der Waals surface area contributed by atoms with Gasteiger partial charge in [0.25, 0.3) is 15.9 Å². The number of aromatic hydroxyl groups is 1. The van der Waals surface area contributed by atoms with Crippen molar-refractivity contribution in [1.29, 1.82) is 0 Å². The van der Waals surface area contributed by atoms with E-state index in [9.17, 15) is 18.3 Å². The number of nitrogens with one attached hydrogen (secondary N) is 2. The van der Waals surface area contributed by atoms with Crippen LogP contribution >= 0.6 is 0 Å². The molecule has 8 heteroatoms. The maximum Gasteiger partial charge on any atom is 0.262 e. The number of benzene rings is 3. The van der Waals surface area contributed by atoms with Gasteiger partial charge in [-0.1, -0.05) is 29.3 Å². The predicted octanol–water partition coefficient (Wildman–Crippen LogP) is 4.07. The monoisotopic (exact) mass is 426 g/mol. The zero-order valence-corrected chi connectivity index (χ0v) is 17.6. The number of sulfonamides is 1. The number of methoxy groups -OCH3 is 1. The molecule has 0 aliphatic carbocycles. The molecular formula is C22H22N2O5S. The first-order valence-electron chi connectivity index (χ1n) is 9.08. The number of anilines is 2. The van der Waals surface area contributed by atoms with Gasteiger partial charge in [0.05, 0.1) is 23.4 Å². The molecule has 0 radical (unpaired) electrons. The van der Waals surface area contributed by atoms with Crippen LogP contribution in [-0.2, 0) is 10.0 Å². The summed E-state index contributed by atoms with van der Waals surface area (Å²) in [5.74, 6) is -0.337. The second-order valence-electron chi connectivity index (χ2n) is 6.82. The average molecular weight is 426 g/mol. The van der Waals surface area contributed by atoms with Crippen LogP contribution in [-0.4, -0.2) is 26.5 Å². The molecule has 3 aromatic rings. The van der Waals surface area contributed by atoms with Gasteiger partial charge >= 0.3 is 0 Å². The predicted molar refractivity (Wildman–Crippen MR) is 116 cm³/mol. The number of phenols is 1. The first-order valence-corrected chi connectivity index (χ1v) is 10.6. The molecule has 0 spiro atoms. The molecule has 3 aromatic carbocycles. The molecule has 0 unspecified atom stereocenters. The van der Waals surface area contributed by atoms with Crippen LogP contribution in [0.1, 0.15) is 21.5 Å². The minimum Gasteiger partial charge on any atom is -0.506 e. The van der Waals surface area contributed by atoms with Crippen molar-refractivity contribution in [3.63, 3.8) is 0 Å². The van der Waals surface area contributed by atoms with E-state index in [2.05, 4.69) is 10.0 Å². The molecule has 0 aliphatic rings. The first-order chi connectivity index (χ1) is 14.2. The highest BCUT2D eigenvalue weighted by molar-refractivity contribution is 7.92. The summed E-state index contributed by atoms with van der Waals surface area (Å²) in [5.41, 5.74) is 2.51.